The lowest BCUT2D eigenvalue weighted by atomic mass is 10.2. The quantitative estimate of drug-likeness (QED) is 0.373. The molecule has 1 heterocycles. The summed E-state index contributed by atoms with van der Waals surface area (Å²) < 4.78 is 14.6. The van der Waals surface area contributed by atoms with Crippen molar-refractivity contribution < 1.29 is 28.9 Å². The lowest BCUT2D eigenvalue weighted by Crippen LogP contribution is -2.28. The third-order valence-electron chi connectivity index (χ3n) is 2.22. The second-order valence-electron chi connectivity index (χ2n) is 3.81. The van der Waals surface area contributed by atoms with Gasteiger partial charge in [0.2, 0.25) is 0 Å². The van der Waals surface area contributed by atoms with E-state index in [1.165, 1.54) is 0 Å². The lowest BCUT2D eigenvalue weighted by molar-refractivity contribution is -0.155. The van der Waals surface area contributed by atoms with Gasteiger partial charge in [-0.1, -0.05) is 13.2 Å². The number of hydrogen-bond donors (Lipinski definition) is 1. The highest BCUT2D eigenvalue weighted by Crippen LogP contribution is 2.19. The zero-order chi connectivity index (χ0) is 13.5. The Hall–Kier alpha value is -1.66. The van der Waals surface area contributed by atoms with E-state index < -0.39 is 24.6 Å². The van der Waals surface area contributed by atoms with Gasteiger partial charge >= 0.3 is 11.9 Å². The monoisotopic (exact) mass is 256 g/mol. The molecule has 100 valence electrons. The van der Waals surface area contributed by atoms with Crippen LogP contribution < -0.4 is 0 Å². The number of carbonyl (C=O) groups excluding carboxylic acids is 2. The second-order valence-corrected chi connectivity index (χ2v) is 3.81. The molecule has 6 nitrogen and oxygen atoms in total. The molecule has 0 aromatic carbocycles. The predicted molar refractivity (Wildman–Crippen MR) is 61.6 cm³/mol. The van der Waals surface area contributed by atoms with Crippen molar-refractivity contribution in [2.24, 2.45) is 0 Å². The molecule has 2 unspecified atom stereocenters. The molecule has 0 bridgehead atoms. The van der Waals surface area contributed by atoms with Gasteiger partial charge in [0.05, 0.1) is 19.3 Å². The van der Waals surface area contributed by atoms with Gasteiger partial charge in [-0.25, -0.2) is 9.59 Å². The average molecular weight is 256 g/mol. The van der Waals surface area contributed by atoms with Crippen LogP contribution >= 0.6 is 0 Å². The number of ether oxygens (including phenoxy) is 3. The van der Waals surface area contributed by atoms with E-state index in [1.54, 1.807) is 0 Å². The van der Waals surface area contributed by atoms with E-state index in [9.17, 15) is 9.59 Å². The van der Waals surface area contributed by atoms with Gasteiger partial charge in [-0.3, -0.25) is 0 Å². The van der Waals surface area contributed by atoms with E-state index in [2.05, 4.69) is 17.9 Å². The molecule has 6 heteroatoms. The smallest absolute Gasteiger partial charge is 0.333 e. The summed E-state index contributed by atoms with van der Waals surface area (Å²) in [6.07, 6.45) is 0.526. The van der Waals surface area contributed by atoms with Crippen LogP contribution in [0.15, 0.2) is 24.8 Å². The Morgan fingerprint density at radius 2 is 2.22 bits per heavy atom. The molecule has 2 atom stereocenters. The Morgan fingerprint density at radius 1 is 1.56 bits per heavy atom. The average Bonchev–Trinajstić information content (AvgIpc) is 3.17. The highest BCUT2D eigenvalue weighted by molar-refractivity contribution is 5.88. The van der Waals surface area contributed by atoms with Crippen LogP contribution in [0, 0.1) is 0 Å². The van der Waals surface area contributed by atoms with Crippen molar-refractivity contribution in [2.75, 3.05) is 19.8 Å². The van der Waals surface area contributed by atoms with Crippen molar-refractivity contribution in [1.82, 2.24) is 0 Å². The normalized spacial score (nSPS) is 18.6. The van der Waals surface area contributed by atoms with Gasteiger partial charge in [-0.2, -0.15) is 0 Å². The summed E-state index contributed by atoms with van der Waals surface area (Å²) in [4.78, 5) is 22.3. The molecule has 1 fully saturated rings. The predicted octanol–water partition coefficient (Wildman–Crippen LogP) is -0.0352. The van der Waals surface area contributed by atoms with Crippen LogP contribution in [0.3, 0.4) is 0 Å². The topological polar surface area (TPSA) is 85.4 Å². The first-order valence-electron chi connectivity index (χ1n) is 5.47. The zero-order valence-electron chi connectivity index (χ0n) is 9.96. The maximum Gasteiger partial charge on any atom is 0.333 e. The molecule has 1 rings (SSSR count). The number of carbonyl (C=O) groups is 2. The summed E-state index contributed by atoms with van der Waals surface area (Å²) in [7, 11) is 0. The zero-order valence-corrected chi connectivity index (χ0v) is 9.96. The van der Waals surface area contributed by atoms with Crippen molar-refractivity contribution >= 4 is 11.9 Å². The minimum Gasteiger partial charge on any atom is -0.458 e. The molecule has 0 radical (unpaired) electrons. The van der Waals surface area contributed by atoms with Gasteiger partial charge in [0.1, 0.15) is 6.61 Å². The van der Waals surface area contributed by atoms with Gasteiger partial charge in [0.25, 0.3) is 0 Å². The second kappa shape index (κ2) is 6.93. The third kappa shape index (κ3) is 5.11. The van der Waals surface area contributed by atoms with Gasteiger partial charge in [-0.15, -0.1) is 0 Å². The van der Waals surface area contributed by atoms with Gasteiger partial charge in [-0.05, 0) is 0 Å². The number of rotatable bonds is 8. The van der Waals surface area contributed by atoms with Crippen LogP contribution in [0.5, 0.6) is 0 Å². The van der Waals surface area contributed by atoms with Crippen molar-refractivity contribution in [2.45, 2.75) is 18.6 Å². The van der Waals surface area contributed by atoms with Crippen LogP contribution in [0.2, 0.25) is 0 Å². The van der Waals surface area contributed by atoms with Gasteiger partial charge in [0, 0.05) is 18.1 Å². The Kier molecular flexibility index (Phi) is 5.54. The van der Waals surface area contributed by atoms with Crippen molar-refractivity contribution in [3.63, 3.8) is 0 Å². The molecular formula is C12H16O6. The molecule has 0 saturated carbocycles. The fraction of sp³-hybridized carbons (Fsp3) is 0.500. The first-order chi connectivity index (χ1) is 8.56. The summed E-state index contributed by atoms with van der Waals surface area (Å²) in [5, 5.41) is 8.99. The molecule has 0 spiro atoms. The van der Waals surface area contributed by atoms with Crippen LogP contribution in [-0.2, 0) is 23.8 Å². The number of aliphatic hydroxyl groups is 1. The summed E-state index contributed by atoms with van der Waals surface area (Å²) >= 11 is 0. The van der Waals surface area contributed by atoms with E-state index in [1.807, 2.05) is 0 Å². The Labute approximate surface area is 105 Å². The number of hydrogen-bond acceptors (Lipinski definition) is 6. The molecule has 0 aromatic rings. The summed E-state index contributed by atoms with van der Waals surface area (Å²) in [5.41, 5.74) is 0.269. The molecule has 18 heavy (non-hydrogen) atoms. The molecule has 0 aliphatic carbocycles. The Morgan fingerprint density at radius 3 is 2.72 bits per heavy atom. The Bertz CT molecular complexity index is 344. The molecule has 1 aliphatic heterocycles. The summed E-state index contributed by atoms with van der Waals surface area (Å²) in [6.45, 7) is 6.75. The standard InChI is InChI=1S/C12H16O6/c1-3-11(14)17-7-10(5-13)18-12(15)8(2)4-9-6-16-9/h3,9-10,13H,1-2,4-7H2. The van der Waals surface area contributed by atoms with Crippen molar-refractivity contribution in [3.8, 4) is 0 Å². The maximum absolute atomic E-state index is 11.5. The molecule has 1 N–H and O–H groups in total. The molecule has 0 amide bonds. The fourth-order valence-electron chi connectivity index (χ4n) is 1.14. The van der Waals surface area contributed by atoms with Gasteiger partial charge in [0.15, 0.2) is 6.10 Å². The Balaban J connectivity index is 2.31. The first kappa shape index (κ1) is 14.4. The van der Waals surface area contributed by atoms with E-state index in [-0.39, 0.29) is 18.3 Å². The van der Waals surface area contributed by atoms with Crippen molar-refractivity contribution in [3.05, 3.63) is 24.8 Å². The molecular weight excluding hydrogens is 240 g/mol. The number of aliphatic hydroxyl groups excluding tert-OH is 1. The largest absolute Gasteiger partial charge is 0.458 e. The van der Waals surface area contributed by atoms with Crippen LogP contribution in [0.1, 0.15) is 6.42 Å². The van der Waals surface area contributed by atoms with E-state index in [0.29, 0.717) is 13.0 Å². The van der Waals surface area contributed by atoms with E-state index >= 15 is 0 Å². The number of esters is 2. The number of epoxide rings is 1. The molecule has 1 aliphatic rings. The first-order valence-corrected chi connectivity index (χ1v) is 5.47. The van der Waals surface area contributed by atoms with Crippen molar-refractivity contribution in [1.29, 1.82) is 0 Å². The van der Waals surface area contributed by atoms with Gasteiger partial charge < -0.3 is 19.3 Å². The van der Waals surface area contributed by atoms with Crippen LogP contribution in [-0.4, -0.2) is 49.1 Å². The minimum absolute atomic E-state index is 0.0382. The van der Waals surface area contributed by atoms with Crippen LogP contribution in [0.4, 0.5) is 0 Å². The summed E-state index contributed by atoms with van der Waals surface area (Å²) in [5.74, 6) is -1.27. The van der Waals surface area contributed by atoms with Crippen LogP contribution in [0.25, 0.3) is 0 Å². The highest BCUT2D eigenvalue weighted by atomic mass is 16.6. The van der Waals surface area contributed by atoms with E-state index in [4.69, 9.17) is 14.6 Å². The maximum atomic E-state index is 11.5. The molecule has 1 saturated heterocycles. The third-order valence-corrected chi connectivity index (χ3v) is 2.22. The molecule has 0 aromatic heterocycles. The SMILES string of the molecule is C=CC(=O)OCC(CO)OC(=O)C(=C)CC1CO1. The lowest BCUT2D eigenvalue weighted by Gasteiger charge is -2.15. The summed E-state index contributed by atoms with van der Waals surface area (Å²) in [6, 6.07) is 0. The fourth-order valence-corrected chi connectivity index (χ4v) is 1.14. The highest BCUT2D eigenvalue weighted by Gasteiger charge is 2.27. The van der Waals surface area contributed by atoms with E-state index in [0.717, 1.165) is 6.08 Å². The minimum atomic E-state index is -0.904.